The van der Waals surface area contributed by atoms with E-state index in [1.54, 1.807) is 0 Å². The quantitative estimate of drug-likeness (QED) is 0.213. The van der Waals surface area contributed by atoms with Gasteiger partial charge in [0.15, 0.2) is 0 Å². The lowest BCUT2D eigenvalue weighted by atomic mass is 10.00. The van der Waals surface area contributed by atoms with Crippen molar-refractivity contribution in [1.82, 2.24) is 8.97 Å². The zero-order chi connectivity index (χ0) is 26.4. The third kappa shape index (κ3) is 2.76. The van der Waals surface area contributed by atoms with Gasteiger partial charge in [-0.1, -0.05) is 84.9 Å². The standard InChI is InChI=1S/C37H22N2O/c40-37-30-13-5-4-11-26(30)28-14-8-15-29-32-22-24(18-20-35(32)39(37)36(28)29)23-17-19-34-31(21-23)27-12-6-7-16-33(27)38(34)25-9-2-1-3-10-25/h1-22H. The highest BCUT2D eigenvalue weighted by Crippen LogP contribution is 2.38. The summed E-state index contributed by atoms with van der Waals surface area (Å²) in [6.45, 7) is 0. The minimum Gasteiger partial charge on any atom is -0.309 e. The van der Waals surface area contributed by atoms with E-state index in [0.717, 1.165) is 54.8 Å². The Morgan fingerprint density at radius 3 is 1.73 bits per heavy atom. The van der Waals surface area contributed by atoms with Crippen LogP contribution in [-0.2, 0) is 0 Å². The molecule has 0 amide bonds. The van der Waals surface area contributed by atoms with Gasteiger partial charge in [-0.3, -0.25) is 9.20 Å². The van der Waals surface area contributed by atoms with Crippen LogP contribution >= 0.6 is 0 Å². The minimum absolute atomic E-state index is 0.0391. The summed E-state index contributed by atoms with van der Waals surface area (Å²) in [5, 5.41) is 7.55. The molecule has 0 bridgehead atoms. The van der Waals surface area contributed by atoms with Crippen molar-refractivity contribution in [3.8, 4) is 16.8 Å². The van der Waals surface area contributed by atoms with E-state index < -0.39 is 0 Å². The molecule has 9 rings (SSSR count). The van der Waals surface area contributed by atoms with Gasteiger partial charge in [0.2, 0.25) is 0 Å². The third-order valence-electron chi connectivity index (χ3n) is 8.46. The fourth-order valence-corrected chi connectivity index (χ4v) is 6.71. The van der Waals surface area contributed by atoms with Gasteiger partial charge in [-0.25, -0.2) is 0 Å². The molecule has 0 saturated heterocycles. The molecule has 0 aliphatic carbocycles. The molecule has 0 aliphatic heterocycles. The number of rotatable bonds is 2. The molecule has 0 saturated carbocycles. The maximum Gasteiger partial charge on any atom is 0.263 e. The SMILES string of the molecule is O=c1c2ccccc2c2cccc3c4cc(-c5ccc6c(c5)c5ccccc5n6-c5ccccc5)ccc4n1c23. The summed E-state index contributed by atoms with van der Waals surface area (Å²) < 4.78 is 4.24. The molecular weight excluding hydrogens is 488 g/mol. The normalized spacial score (nSPS) is 12.1. The molecule has 6 aromatic carbocycles. The molecule has 0 atom stereocenters. The average molecular weight is 511 g/mol. The minimum atomic E-state index is 0.0391. The van der Waals surface area contributed by atoms with Gasteiger partial charge in [-0.15, -0.1) is 0 Å². The van der Waals surface area contributed by atoms with Crippen LogP contribution in [0.3, 0.4) is 0 Å². The van der Waals surface area contributed by atoms with Gasteiger partial charge in [-0.2, -0.15) is 0 Å². The zero-order valence-electron chi connectivity index (χ0n) is 21.5. The molecule has 3 nitrogen and oxygen atoms in total. The van der Waals surface area contributed by atoms with Crippen molar-refractivity contribution < 1.29 is 0 Å². The highest BCUT2D eigenvalue weighted by Gasteiger charge is 2.18. The highest BCUT2D eigenvalue weighted by molar-refractivity contribution is 6.20. The second-order valence-corrected chi connectivity index (χ2v) is 10.5. The van der Waals surface area contributed by atoms with Crippen molar-refractivity contribution in [2.75, 3.05) is 0 Å². The first-order valence-electron chi connectivity index (χ1n) is 13.6. The maximum atomic E-state index is 13.7. The summed E-state index contributed by atoms with van der Waals surface area (Å²) in [4.78, 5) is 13.7. The smallest absolute Gasteiger partial charge is 0.263 e. The highest BCUT2D eigenvalue weighted by atomic mass is 16.1. The van der Waals surface area contributed by atoms with Crippen molar-refractivity contribution >= 4 is 59.8 Å². The van der Waals surface area contributed by atoms with Crippen LogP contribution in [0.25, 0.3) is 76.6 Å². The fourth-order valence-electron chi connectivity index (χ4n) is 6.71. The van der Waals surface area contributed by atoms with Gasteiger partial charge >= 0.3 is 0 Å². The number of hydrogen-bond donors (Lipinski definition) is 0. The van der Waals surface area contributed by atoms with Crippen LogP contribution in [0, 0.1) is 0 Å². The summed E-state index contributed by atoms with van der Waals surface area (Å²) in [7, 11) is 0. The summed E-state index contributed by atoms with van der Waals surface area (Å²) in [5.41, 5.74) is 7.83. The number of para-hydroxylation sites is 3. The van der Waals surface area contributed by atoms with Gasteiger partial charge in [0.05, 0.1) is 22.1 Å². The molecule has 0 spiro atoms. The summed E-state index contributed by atoms with van der Waals surface area (Å²) >= 11 is 0. The number of pyridine rings is 1. The van der Waals surface area contributed by atoms with E-state index in [9.17, 15) is 4.79 Å². The van der Waals surface area contributed by atoms with E-state index in [-0.39, 0.29) is 5.56 Å². The molecule has 186 valence electrons. The van der Waals surface area contributed by atoms with Crippen molar-refractivity contribution in [2.24, 2.45) is 0 Å². The molecule has 3 heteroatoms. The molecule has 0 aliphatic rings. The monoisotopic (exact) mass is 510 g/mol. The Bertz CT molecular complexity index is 2500. The Hall–Kier alpha value is -5.41. The van der Waals surface area contributed by atoms with Gasteiger partial charge in [0.1, 0.15) is 0 Å². The molecule has 0 unspecified atom stereocenters. The topological polar surface area (TPSA) is 26.4 Å². The van der Waals surface area contributed by atoms with Gasteiger partial charge in [-0.05, 0) is 65.0 Å². The predicted octanol–water partition coefficient (Wildman–Crippen LogP) is 8.96. The van der Waals surface area contributed by atoms with Crippen molar-refractivity contribution in [2.45, 2.75) is 0 Å². The van der Waals surface area contributed by atoms with Crippen LogP contribution in [0.4, 0.5) is 0 Å². The van der Waals surface area contributed by atoms with Crippen molar-refractivity contribution in [3.05, 3.63) is 144 Å². The van der Waals surface area contributed by atoms with Crippen LogP contribution in [0.2, 0.25) is 0 Å². The molecule has 40 heavy (non-hydrogen) atoms. The number of hydrogen-bond acceptors (Lipinski definition) is 1. The van der Waals surface area contributed by atoms with Crippen LogP contribution < -0.4 is 5.56 Å². The van der Waals surface area contributed by atoms with E-state index in [2.05, 4.69) is 120 Å². The lowest BCUT2D eigenvalue weighted by Gasteiger charge is -2.08. The van der Waals surface area contributed by atoms with E-state index in [1.807, 2.05) is 22.6 Å². The Kier molecular flexibility index (Phi) is 4.20. The molecule has 0 radical (unpaired) electrons. The Balaban J connectivity index is 1.32. The molecule has 9 aromatic rings. The average Bonchev–Trinajstić information content (AvgIpc) is 3.53. The second kappa shape index (κ2) is 7.81. The lowest BCUT2D eigenvalue weighted by molar-refractivity contribution is 1.18. The second-order valence-electron chi connectivity index (χ2n) is 10.5. The summed E-state index contributed by atoms with van der Waals surface area (Å²) in [6.07, 6.45) is 0. The van der Waals surface area contributed by atoms with Gasteiger partial charge in [0.25, 0.3) is 5.56 Å². The molecule has 0 fully saturated rings. The Labute approximate surface area is 229 Å². The molecule has 3 heterocycles. The van der Waals surface area contributed by atoms with Crippen LogP contribution in [-0.4, -0.2) is 8.97 Å². The molecule has 0 N–H and O–H groups in total. The number of nitrogens with zero attached hydrogens (tertiary/aromatic N) is 2. The zero-order valence-corrected chi connectivity index (χ0v) is 21.5. The number of fused-ring (bicyclic) bond motifs is 8. The lowest BCUT2D eigenvalue weighted by Crippen LogP contribution is -2.12. The first kappa shape index (κ1) is 21.5. The molecular formula is C37H22N2O. The number of benzene rings is 6. The predicted molar refractivity (Wildman–Crippen MR) is 167 cm³/mol. The van der Waals surface area contributed by atoms with Crippen LogP contribution in [0.15, 0.2) is 138 Å². The van der Waals surface area contributed by atoms with E-state index in [0.29, 0.717) is 0 Å². The maximum absolute atomic E-state index is 13.7. The summed E-state index contributed by atoms with van der Waals surface area (Å²) in [5.74, 6) is 0. The van der Waals surface area contributed by atoms with Gasteiger partial charge < -0.3 is 4.57 Å². The van der Waals surface area contributed by atoms with Crippen LogP contribution in [0.5, 0.6) is 0 Å². The summed E-state index contributed by atoms with van der Waals surface area (Å²) in [6, 6.07) is 46.7. The third-order valence-corrected chi connectivity index (χ3v) is 8.46. The molecule has 3 aromatic heterocycles. The van der Waals surface area contributed by atoms with Crippen molar-refractivity contribution in [3.63, 3.8) is 0 Å². The largest absolute Gasteiger partial charge is 0.309 e. The van der Waals surface area contributed by atoms with E-state index >= 15 is 0 Å². The Morgan fingerprint density at radius 2 is 0.950 bits per heavy atom. The number of aromatic nitrogens is 2. The van der Waals surface area contributed by atoms with Crippen molar-refractivity contribution in [1.29, 1.82) is 0 Å². The first-order valence-corrected chi connectivity index (χ1v) is 13.6. The Morgan fingerprint density at radius 1 is 0.400 bits per heavy atom. The van der Waals surface area contributed by atoms with E-state index in [4.69, 9.17) is 0 Å². The van der Waals surface area contributed by atoms with Gasteiger partial charge in [0, 0.05) is 38.0 Å². The van der Waals surface area contributed by atoms with Crippen LogP contribution in [0.1, 0.15) is 0 Å². The van der Waals surface area contributed by atoms with E-state index in [1.165, 1.54) is 21.8 Å². The first-order chi connectivity index (χ1) is 19.8. The fraction of sp³-hybridized carbons (Fsp3) is 0.